The van der Waals surface area contributed by atoms with E-state index in [1.165, 1.54) is 11.3 Å². The maximum Gasteiger partial charge on any atom is 0.242 e. The van der Waals surface area contributed by atoms with E-state index in [0.29, 0.717) is 0 Å². The first-order chi connectivity index (χ1) is 9.15. The Labute approximate surface area is 131 Å². The lowest BCUT2D eigenvalue weighted by Crippen LogP contribution is -2.56. The highest BCUT2D eigenvalue weighted by Crippen LogP contribution is 2.27. The van der Waals surface area contributed by atoms with Crippen LogP contribution in [0.2, 0.25) is 0 Å². The predicted molar refractivity (Wildman–Crippen MR) is 87.5 cm³/mol. The van der Waals surface area contributed by atoms with Crippen LogP contribution in [0.3, 0.4) is 0 Å². The van der Waals surface area contributed by atoms with Gasteiger partial charge in [-0.1, -0.05) is 25.3 Å². The summed E-state index contributed by atoms with van der Waals surface area (Å²) >= 11 is 1.75. The summed E-state index contributed by atoms with van der Waals surface area (Å²) in [5, 5.41) is 2.08. The fraction of sp³-hybridized carbons (Fsp3) is 0.667. The molecule has 1 aromatic heterocycles. The minimum absolute atomic E-state index is 0. The molecule has 2 N–H and O–H groups in total. The van der Waals surface area contributed by atoms with Gasteiger partial charge in [-0.2, -0.15) is 0 Å². The number of rotatable bonds is 5. The SMILES string of the molecule is CCN(CCc1cccs1)C(=O)C1(N)CCCCC1.Cl. The summed E-state index contributed by atoms with van der Waals surface area (Å²) in [6.45, 7) is 3.58. The molecule has 0 saturated heterocycles. The Balaban J connectivity index is 0.00000200. The smallest absolute Gasteiger partial charge is 0.242 e. The minimum Gasteiger partial charge on any atom is -0.341 e. The van der Waals surface area contributed by atoms with Crippen molar-refractivity contribution in [2.45, 2.75) is 51.0 Å². The van der Waals surface area contributed by atoms with Crippen molar-refractivity contribution in [1.82, 2.24) is 4.90 Å². The monoisotopic (exact) mass is 316 g/mol. The summed E-state index contributed by atoms with van der Waals surface area (Å²) in [7, 11) is 0. The summed E-state index contributed by atoms with van der Waals surface area (Å²) in [6.07, 6.45) is 6.03. The maximum atomic E-state index is 12.6. The largest absolute Gasteiger partial charge is 0.341 e. The van der Waals surface area contributed by atoms with Crippen LogP contribution in [-0.2, 0) is 11.2 Å². The highest BCUT2D eigenvalue weighted by atomic mass is 35.5. The third-order valence-corrected chi connectivity index (χ3v) is 4.99. The van der Waals surface area contributed by atoms with Crippen molar-refractivity contribution in [3.63, 3.8) is 0 Å². The summed E-state index contributed by atoms with van der Waals surface area (Å²) in [5.41, 5.74) is 5.75. The third-order valence-electron chi connectivity index (χ3n) is 4.05. The molecule has 0 spiro atoms. The number of hydrogen-bond donors (Lipinski definition) is 1. The number of nitrogens with zero attached hydrogens (tertiary/aromatic N) is 1. The number of hydrogen-bond acceptors (Lipinski definition) is 3. The van der Waals surface area contributed by atoms with Crippen LogP contribution in [0.15, 0.2) is 17.5 Å². The summed E-state index contributed by atoms with van der Waals surface area (Å²) in [4.78, 5) is 15.9. The molecule has 0 bridgehead atoms. The Kier molecular flexibility index (Phi) is 7.00. The standard InChI is InChI=1S/C15H24N2OS.ClH/c1-2-17(11-8-13-7-6-12-19-13)14(18)15(16)9-4-3-5-10-15;/h6-7,12H,2-5,8-11,16H2,1H3;1H. The second-order valence-electron chi connectivity index (χ2n) is 5.43. The normalized spacial score (nSPS) is 17.3. The number of amides is 1. The molecule has 2 rings (SSSR count). The number of thiophene rings is 1. The van der Waals surface area contributed by atoms with Crippen LogP contribution in [0.25, 0.3) is 0 Å². The van der Waals surface area contributed by atoms with E-state index in [2.05, 4.69) is 17.5 Å². The minimum atomic E-state index is -0.594. The van der Waals surface area contributed by atoms with E-state index < -0.39 is 5.54 Å². The van der Waals surface area contributed by atoms with E-state index in [1.54, 1.807) is 11.3 Å². The van der Waals surface area contributed by atoms with Crippen LogP contribution in [-0.4, -0.2) is 29.4 Å². The van der Waals surface area contributed by atoms with Gasteiger partial charge in [-0.05, 0) is 37.6 Å². The van der Waals surface area contributed by atoms with Crippen LogP contribution in [0.4, 0.5) is 0 Å². The van der Waals surface area contributed by atoms with Crippen molar-refractivity contribution in [2.75, 3.05) is 13.1 Å². The first-order valence-corrected chi connectivity index (χ1v) is 8.14. The van der Waals surface area contributed by atoms with Crippen LogP contribution < -0.4 is 5.73 Å². The van der Waals surface area contributed by atoms with Crippen molar-refractivity contribution in [3.8, 4) is 0 Å². The van der Waals surface area contributed by atoms with Gasteiger partial charge in [0.1, 0.15) is 0 Å². The molecular formula is C15H25ClN2OS. The molecule has 5 heteroatoms. The molecule has 3 nitrogen and oxygen atoms in total. The van der Waals surface area contributed by atoms with Crippen LogP contribution in [0, 0.1) is 0 Å². The zero-order chi connectivity index (χ0) is 13.7. The average molecular weight is 317 g/mol. The third kappa shape index (κ3) is 4.21. The zero-order valence-corrected chi connectivity index (χ0v) is 13.8. The van der Waals surface area contributed by atoms with Gasteiger partial charge in [0, 0.05) is 18.0 Å². The van der Waals surface area contributed by atoms with Gasteiger partial charge in [-0.15, -0.1) is 23.7 Å². The molecule has 0 unspecified atom stereocenters. The Bertz CT molecular complexity index is 402. The summed E-state index contributed by atoms with van der Waals surface area (Å²) in [5.74, 6) is 0.159. The van der Waals surface area contributed by atoms with Gasteiger partial charge in [0.15, 0.2) is 0 Å². The van der Waals surface area contributed by atoms with Crippen LogP contribution in [0.5, 0.6) is 0 Å². The molecule has 0 radical (unpaired) electrons. The van der Waals surface area contributed by atoms with Crippen LogP contribution >= 0.6 is 23.7 Å². The molecular weight excluding hydrogens is 292 g/mol. The topological polar surface area (TPSA) is 46.3 Å². The quantitative estimate of drug-likeness (QED) is 0.906. The first kappa shape index (κ1) is 17.5. The average Bonchev–Trinajstić information content (AvgIpc) is 2.93. The van der Waals surface area contributed by atoms with E-state index in [-0.39, 0.29) is 18.3 Å². The van der Waals surface area contributed by atoms with E-state index in [0.717, 1.165) is 45.2 Å². The molecule has 0 aromatic carbocycles. The molecule has 1 aliphatic carbocycles. The molecule has 1 aliphatic rings. The maximum absolute atomic E-state index is 12.6. The Morgan fingerprint density at radius 3 is 2.65 bits per heavy atom. The fourth-order valence-electron chi connectivity index (χ4n) is 2.81. The van der Waals surface area contributed by atoms with Crippen molar-refractivity contribution < 1.29 is 4.79 Å². The van der Waals surface area contributed by atoms with Gasteiger partial charge in [0.2, 0.25) is 5.91 Å². The summed E-state index contributed by atoms with van der Waals surface area (Å²) < 4.78 is 0. The van der Waals surface area contributed by atoms with E-state index >= 15 is 0 Å². The molecule has 1 saturated carbocycles. The highest BCUT2D eigenvalue weighted by Gasteiger charge is 2.37. The zero-order valence-electron chi connectivity index (χ0n) is 12.1. The second kappa shape index (κ2) is 8.01. The Morgan fingerprint density at radius 1 is 1.40 bits per heavy atom. The molecule has 1 aromatic rings. The number of carbonyl (C=O) groups is 1. The van der Waals surface area contributed by atoms with Gasteiger partial charge < -0.3 is 10.6 Å². The van der Waals surface area contributed by atoms with Gasteiger partial charge in [-0.3, -0.25) is 4.79 Å². The number of carbonyl (C=O) groups excluding carboxylic acids is 1. The Hall–Kier alpha value is -0.580. The Morgan fingerprint density at radius 2 is 2.10 bits per heavy atom. The lowest BCUT2D eigenvalue weighted by Gasteiger charge is -2.36. The lowest BCUT2D eigenvalue weighted by atomic mass is 9.81. The second-order valence-corrected chi connectivity index (χ2v) is 6.46. The molecule has 0 aliphatic heterocycles. The molecule has 20 heavy (non-hydrogen) atoms. The van der Waals surface area contributed by atoms with Gasteiger partial charge >= 0.3 is 0 Å². The number of nitrogens with two attached hydrogens (primary N) is 1. The van der Waals surface area contributed by atoms with Gasteiger partial charge in [-0.25, -0.2) is 0 Å². The van der Waals surface area contributed by atoms with Gasteiger partial charge in [0.05, 0.1) is 5.54 Å². The van der Waals surface area contributed by atoms with E-state index in [4.69, 9.17) is 5.73 Å². The highest BCUT2D eigenvalue weighted by molar-refractivity contribution is 7.09. The van der Waals surface area contributed by atoms with E-state index in [9.17, 15) is 4.79 Å². The summed E-state index contributed by atoms with van der Waals surface area (Å²) in [6, 6.07) is 4.19. The van der Waals surface area contributed by atoms with Crippen molar-refractivity contribution in [1.29, 1.82) is 0 Å². The molecule has 1 amide bonds. The first-order valence-electron chi connectivity index (χ1n) is 7.26. The van der Waals surface area contributed by atoms with Crippen LogP contribution in [0.1, 0.15) is 43.9 Å². The molecule has 0 atom stereocenters. The predicted octanol–water partition coefficient (Wildman–Crippen LogP) is 3.22. The number of likely N-dealkylation sites (N-methyl/N-ethyl adjacent to an activating group) is 1. The molecule has 1 heterocycles. The number of halogens is 1. The molecule has 114 valence electrons. The van der Waals surface area contributed by atoms with Crippen molar-refractivity contribution in [3.05, 3.63) is 22.4 Å². The van der Waals surface area contributed by atoms with E-state index in [1.807, 2.05) is 11.8 Å². The molecule has 1 fully saturated rings. The van der Waals surface area contributed by atoms with Gasteiger partial charge in [0.25, 0.3) is 0 Å². The lowest BCUT2D eigenvalue weighted by molar-refractivity contribution is -0.138. The van der Waals surface area contributed by atoms with Crippen molar-refractivity contribution >= 4 is 29.7 Å². The van der Waals surface area contributed by atoms with Crippen molar-refractivity contribution in [2.24, 2.45) is 5.73 Å². The fourth-order valence-corrected chi connectivity index (χ4v) is 3.51.